The van der Waals surface area contributed by atoms with Gasteiger partial charge in [0, 0.05) is 12.8 Å². The molecule has 1 rings (SSSR count). The number of hydrogen-bond donors (Lipinski definition) is 2. The molecule has 2 N–H and O–H groups in total. The van der Waals surface area contributed by atoms with Gasteiger partial charge in [-0.25, -0.2) is 0 Å². The van der Waals surface area contributed by atoms with Gasteiger partial charge in [-0.3, -0.25) is 9.59 Å². The summed E-state index contributed by atoms with van der Waals surface area (Å²) in [5, 5.41) is 27.1. The van der Waals surface area contributed by atoms with Gasteiger partial charge < -0.3 is 10.2 Å². The Morgan fingerprint density at radius 3 is 1.90 bits per heavy atom. The van der Waals surface area contributed by atoms with E-state index in [1.54, 1.807) is 12.1 Å². The predicted molar refractivity (Wildman–Crippen MR) is 72.2 cm³/mol. The second kappa shape index (κ2) is 6.71. The van der Waals surface area contributed by atoms with Crippen molar-refractivity contribution in [3.05, 3.63) is 35.4 Å². The third-order valence-electron chi connectivity index (χ3n) is 3.35. The van der Waals surface area contributed by atoms with Crippen molar-refractivity contribution in [1.29, 1.82) is 5.26 Å². The molecule has 0 bridgehead atoms. The van der Waals surface area contributed by atoms with Gasteiger partial charge in [0.2, 0.25) is 0 Å². The number of aryl methyl sites for hydroxylation is 1. The Kier molecular flexibility index (Phi) is 5.27. The Morgan fingerprint density at radius 1 is 1.10 bits per heavy atom. The molecule has 0 unspecified atom stereocenters. The summed E-state index contributed by atoms with van der Waals surface area (Å²) in [6.07, 6.45) is -0.119. The maximum absolute atomic E-state index is 10.8. The lowest BCUT2D eigenvalue weighted by Gasteiger charge is -2.26. The summed E-state index contributed by atoms with van der Waals surface area (Å²) < 4.78 is 0. The Balaban J connectivity index is 3.08. The number of aliphatic carboxylic acids is 2. The van der Waals surface area contributed by atoms with Gasteiger partial charge in [-0.1, -0.05) is 29.8 Å². The van der Waals surface area contributed by atoms with E-state index in [1.165, 1.54) is 0 Å². The van der Waals surface area contributed by atoms with Crippen LogP contribution in [0.2, 0.25) is 0 Å². The fraction of sp³-hybridized carbons (Fsp3) is 0.400. The summed E-state index contributed by atoms with van der Waals surface area (Å²) >= 11 is 0. The average Bonchev–Trinajstić information content (AvgIpc) is 2.40. The summed E-state index contributed by atoms with van der Waals surface area (Å²) in [6.45, 7) is 1.91. The van der Waals surface area contributed by atoms with Gasteiger partial charge in [-0.05, 0) is 25.3 Å². The van der Waals surface area contributed by atoms with Crippen molar-refractivity contribution >= 4 is 11.9 Å². The van der Waals surface area contributed by atoms with Crippen molar-refractivity contribution in [3.63, 3.8) is 0 Å². The van der Waals surface area contributed by atoms with Crippen molar-refractivity contribution in [2.45, 2.75) is 38.0 Å². The number of nitriles is 1. The van der Waals surface area contributed by atoms with Gasteiger partial charge in [0.05, 0.1) is 11.5 Å². The van der Waals surface area contributed by atoms with Gasteiger partial charge in [-0.2, -0.15) is 5.26 Å². The van der Waals surface area contributed by atoms with Crippen LogP contribution in [0.4, 0.5) is 0 Å². The number of benzene rings is 1. The molecular weight excluding hydrogens is 258 g/mol. The number of carboxylic acids is 2. The lowest BCUT2D eigenvalue weighted by atomic mass is 9.74. The molecule has 0 atom stereocenters. The van der Waals surface area contributed by atoms with Gasteiger partial charge in [0.1, 0.15) is 0 Å². The summed E-state index contributed by atoms with van der Waals surface area (Å²) in [5.41, 5.74) is 0.634. The molecule has 5 nitrogen and oxygen atoms in total. The zero-order valence-electron chi connectivity index (χ0n) is 11.3. The molecule has 0 aliphatic carbocycles. The lowest BCUT2D eigenvalue weighted by molar-refractivity contribution is -0.137. The Labute approximate surface area is 117 Å². The zero-order valence-corrected chi connectivity index (χ0v) is 11.3. The van der Waals surface area contributed by atoms with Crippen LogP contribution in [-0.2, 0) is 15.0 Å². The van der Waals surface area contributed by atoms with E-state index in [1.807, 2.05) is 19.1 Å². The van der Waals surface area contributed by atoms with Gasteiger partial charge >= 0.3 is 11.9 Å². The normalized spacial score (nSPS) is 10.8. The van der Waals surface area contributed by atoms with Crippen LogP contribution < -0.4 is 0 Å². The van der Waals surface area contributed by atoms with Gasteiger partial charge in [0.25, 0.3) is 0 Å². The maximum atomic E-state index is 10.8. The molecule has 0 heterocycles. The molecule has 0 saturated heterocycles. The number of carboxylic acid groups (broad SMARTS) is 2. The van der Waals surface area contributed by atoms with Crippen LogP contribution in [0.3, 0.4) is 0 Å². The molecule has 0 aromatic heterocycles. The number of rotatable bonds is 7. The number of hydrogen-bond acceptors (Lipinski definition) is 3. The van der Waals surface area contributed by atoms with E-state index >= 15 is 0 Å². The minimum absolute atomic E-state index is 0.106. The van der Waals surface area contributed by atoms with Crippen LogP contribution in [0.1, 0.15) is 36.8 Å². The average molecular weight is 275 g/mol. The number of nitrogens with zero attached hydrogens (tertiary/aromatic N) is 1. The van der Waals surface area contributed by atoms with E-state index in [4.69, 9.17) is 10.2 Å². The summed E-state index contributed by atoms with van der Waals surface area (Å²) in [7, 11) is 0. The minimum Gasteiger partial charge on any atom is -0.481 e. The zero-order chi connectivity index (χ0) is 15.2. The Bertz CT molecular complexity index is 510. The highest BCUT2D eigenvalue weighted by Crippen LogP contribution is 2.34. The van der Waals surface area contributed by atoms with Crippen molar-refractivity contribution in [2.75, 3.05) is 0 Å². The van der Waals surface area contributed by atoms with Crippen LogP contribution in [0.25, 0.3) is 0 Å². The molecule has 0 spiro atoms. The molecule has 5 heteroatoms. The summed E-state index contributed by atoms with van der Waals surface area (Å²) in [5.74, 6) is -1.99. The van der Waals surface area contributed by atoms with Crippen LogP contribution >= 0.6 is 0 Å². The molecule has 0 radical (unpaired) electrons. The molecular formula is C15H17NO4. The van der Waals surface area contributed by atoms with Crippen LogP contribution in [0, 0.1) is 18.3 Å². The topological polar surface area (TPSA) is 98.4 Å². The highest BCUT2D eigenvalue weighted by molar-refractivity contribution is 5.68. The highest BCUT2D eigenvalue weighted by Gasteiger charge is 2.33. The van der Waals surface area contributed by atoms with Crippen molar-refractivity contribution in [2.24, 2.45) is 0 Å². The second-order valence-corrected chi connectivity index (χ2v) is 4.85. The van der Waals surface area contributed by atoms with Crippen molar-refractivity contribution in [3.8, 4) is 6.07 Å². The van der Waals surface area contributed by atoms with E-state index in [-0.39, 0.29) is 25.7 Å². The molecule has 0 aliphatic heterocycles. The monoisotopic (exact) mass is 275 g/mol. The summed E-state index contributed by atoms with van der Waals surface area (Å²) in [4.78, 5) is 21.5. The van der Waals surface area contributed by atoms with E-state index in [0.29, 0.717) is 5.56 Å². The smallest absolute Gasteiger partial charge is 0.303 e. The molecule has 0 aliphatic rings. The first-order valence-electron chi connectivity index (χ1n) is 6.31. The van der Waals surface area contributed by atoms with E-state index in [2.05, 4.69) is 6.07 Å². The molecule has 106 valence electrons. The largest absolute Gasteiger partial charge is 0.481 e. The summed E-state index contributed by atoms with van der Waals surface area (Å²) in [6, 6.07) is 9.34. The van der Waals surface area contributed by atoms with Gasteiger partial charge in [0.15, 0.2) is 0 Å². The first kappa shape index (κ1) is 15.7. The quantitative estimate of drug-likeness (QED) is 0.796. The highest BCUT2D eigenvalue weighted by atomic mass is 16.4. The minimum atomic E-state index is -1.06. The SMILES string of the molecule is Cc1ccc(C(C#N)(CCC(=O)O)CCC(=O)O)cc1. The molecule has 1 aromatic carbocycles. The molecule has 1 aromatic rings. The molecule has 0 amide bonds. The Hall–Kier alpha value is -2.35. The fourth-order valence-corrected chi connectivity index (χ4v) is 2.10. The lowest BCUT2D eigenvalue weighted by Crippen LogP contribution is -2.26. The molecule has 0 saturated carbocycles. The van der Waals surface area contributed by atoms with Crippen molar-refractivity contribution < 1.29 is 19.8 Å². The van der Waals surface area contributed by atoms with Crippen LogP contribution in [0.5, 0.6) is 0 Å². The second-order valence-electron chi connectivity index (χ2n) is 4.85. The predicted octanol–water partition coefficient (Wildman–Crippen LogP) is 2.49. The Morgan fingerprint density at radius 2 is 1.55 bits per heavy atom. The van der Waals surface area contributed by atoms with E-state index in [0.717, 1.165) is 5.56 Å². The molecule has 0 fully saturated rings. The number of carbonyl (C=O) groups is 2. The van der Waals surface area contributed by atoms with E-state index < -0.39 is 17.4 Å². The first-order chi connectivity index (χ1) is 9.39. The first-order valence-corrected chi connectivity index (χ1v) is 6.31. The van der Waals surface area contributed by atoms with E-state index in [9.17, 15) is 14.9 Å². The fourth-order valence-electron chi connectivity index (χ4n) is 2.10. The standard InChI is InChI=1S/C15H17NO4/c1-11-2-4-12(5-3-11)15(10-16,8-6-13(17)18)9-7-14(19)20/h2-5H,6-9H2,1H3,(H,17,18)(H,19,20). The van der Waals surface area contributed by atoms with Crippen LogP contribution in [-0.4, -0.2) is 22.2 Å². The van der Waals surface area contributed by atoms with Gasteiger partial charge in [-0.15, -0.1) is 0 Å². The third kappa shape index (κ3) is 4.09. The third-order valence-corrected chi connectivity index (χ3v) is 3.35. The van der Waals surface area contributed by atoms with Crippen molar-refractivity contribution in [1.82, 2.24) is 0 Å². The molecule has 20 heavy (non-hydrogen) atoms. The van der Waals surface area contributed by atoms with Crippen LogP contribution in [0.15, 0.2) is 24.3 Å². The maximum Gasteiger partial charge on any atom is 0.303 e.